The summed E-state index contributed by atoms with van der Waals surface area (Å²) in [6.07, 6.45) is 3.56. The molecule has 0 aromatic heterocycles. The van der Waals surface area contributed by atoms with Gasteiger partial charge in [-0.1, -0.05) is 32.8 Å². The maximum atomic E-state index is 5.48. The summed E-state index contributed by atoms with van der Waals surface area (Å²) in [5.41, 5.74) is 1.22. The van der Waals surface area contributed by atoms with Crippen LogP contribution in [0.15, 0.2) is 18.2 Å². The normalized spacial score (nSPS) is 12.2. The average molecular weight is 251 g/mol. The van der Waals surface area contributed by atoms with E-state index in [1.807, 2.05) is 12.1 Å². The van der Waals surface area contributed by atoms with E-state index in [1.165, 1.54) is 18.4 Å². The Kier molecular flexibility index (Phi) is 6.58. The van der Waals surface area contributed by atoms with E-state index >= 15 is 0 Å². The first-order chi connectivity index (χ1) is 8.76. The third-order valence-corrected chi connectivity index (χ3v) is 3.11. The van der Waals surface area contributed by atoms with Crippen molar-refractivity contribution in [3.8, 4) is 11.5 Å². The number of methoxy groups -OCH3 is 2. The van der Waals surface area contributed by atoms with E-state index < -0.39 is 0 Å². The van der Waals surface area contributed by atoms with Gasteiger partial charge in [0.15, 0.2) is 0 Å². The van der Waals surface area contributed by atoms with Crippen molar-refractivity contribution in [3.05, 3.63) is 23.8 Å². The summed E-state index contributed by atoms with van der Waals surface area (Å²) in [6.45, 7) is 5.31. The summed E-state index contributed by atoms with van der Waals surface area (Å²) in [6, 6.07) is 6.40. The van der Waals surface area contributed by atoms with E-state index in [-0.39, 0.29) is 0 Å². The van der Waals surface area contributed by atoms with Gasteiger partial charge in [-0.25, -0.2) is 0 Å². The van der Waals surface area contributed by atoms with E-state index in [0.29, 0.717) is 6.04 Å². The fourth-order valence-corrected chi connectivity index (χ4v) is 2.13. The number of rotatable bonds is 8. The molecule has 0 amide bonds. The van der Waals surface area contributed by atoms with Crippen molar-refractivity contribution in [1.82, 2.24) is 5.32 Å². The first-order valence-electron chi connectivity index (χ1n) is 6.72. The summed E-state index contributed by atoms with van der Waals surface area (Å²) < 4.78 is 10.7. The molecule has 3 heteroatoms. The van der Waals surface area contributed by atoms with Crippen LogP contribution in [0.5, 0.6) is 11.5 Å². The van der Waals surface area contributed by atoms with E-state index in [1.54, 1.807) is 14.2 Å². The Hall–Kier alpha value is -1.22. The van der Waals surface area contributed by atoms with Crippen LogP contribution in [0.2, 0.25) is 0 Å². The highest BCUT2D eigenvalue weighted by atomic mass is 16.5. The maximum Gasteiger partial charge on any atom is 0.127 e. The first kappa shape index (κ1) is 14.8. The topological polar surface area (TPSA) is 30.5 Å². The van der Waals surface area contributed by atoms with Crippen LogP contribution >= 0.6 is 0 Å². The Morgan fingerprint density at radius 3 is 2.50 bits per heavy atom. The van der Waals surface area contributed by atoms with Gasteiger partial charge in [0.1, 0.15) is 11.5 Å². The molecule has 0 aliphatic carbocycles. The fraction of sp³-hybridized carbons (Fsp3) is 0.600. The second-order valence-corrected chi connectivity index (χ2v) is 4.36. The summed E-state index contributed by atoms with van der Waals surface area (Å²) in [5, 5.41) is 3.53. The number of nitrogens with one attached hydrogen (secondary N) is 1. The van der Waals surface area contributed by atoms with Gasteiger partial charge >= 0.3 is 0 Å². The average Bonchev–Trinajstić information content (AvgIpc) is 2.42. The van der Waals surface area contributed by atoms with Crippen molar-refractivity contribution >= 4 is 0 Å². The molecule has 0 aliphatic heterocycles. The van der Waals surface area contributed by atoms with Crippen molar-refractivity contribution in [2.75, 3.05) is 20.8 Å². The maximum absolute atomic E-state index is 5.48. The number of unbranched alkanes of at least 4 members (excludes halogenated alkanes) is 1. The summed E-state index contributed by atoms with van der Waals surface area (Å²) in [7, 11) is 3.38. The van der Waals surface area contributed by atoms with Crippen LogP contribution in [0, 0.1) is 0 Å². The van der Waals surface area contributed by atoms with Gasteiger partial charge in [-0.3, -0.25) is 0 Å². The molecular formula is C15H25NO2. The zero-order valence-corrected chi connectivity index (χ0v) is 12.0. The summed E-state index contributed by atoms with van der Waals surface area (Å²) in [5.74, 6) is 1.73. The Morgan fingerprint density at radius 1 is 1.17 bits per heavy atom. The Bertz CT molecular complexity index is 352. The quantitative estimate of drug-likeness (QED) is 0.766. The predicted molar refractivity (Wildman–Crippen MR) is 75.5 cm³/mol. The number of benzene rings is 1. The monoisotopic (exact) mass is 251 g/mol. The molecule has 0 bridgehead atoms. The highest BCUT2D eigenvalue weighted by Gasteiger charge is 2.15. The zero-order valence-electron chi connectivity index (χ0n) is 12.0. The van der Waals surface area contributed by atoms with Crippen molar-refractivity contribution in [2.24, 2.45) is 0 Å². The van der Waals surface area contributed by atoms with Crippen LogP contribution in [-0.4, -0.2) is 20.8 Å². The lowest BCUT2D eigenvalue weighted by molar-refractivity contribution is 0.381. The molecule has 1 aromatic carbocycles. The van der Waals surface area contributed by atoms with Gasteiger partial charge in [0.05, 0.1) is 14.2 Å². The minimum Gasteiger partial charge on any atom is -0.497 e. The number of ether oxygens (including phenoxy) is 2. The molecule has 1 atom stereocenters. The SMILES string of the molecule is CCCCC(NCC)c1ccc(OC)cc1OC. The van der Waals surface area contributed by atoms with Crippen molar-refractivity contribution < 1.29 is 9.47 Å². The van der Waals surface area contributed by atoms with Crippen LogP contribution in [0.4, 0.5) is 0 Å². The van der Waals surface area contributed by atoms with Gasteiger partial charge in [0.25, 0.3) is 0 Å². The van der Waals surface area contributed by atoms with Crippen LogP contribution < -0.4 is 14.8 Å². The number of hydrogen-bond donors (Lipinski definition) is 1. The fourth-order valence-electron chi connectivity index (χ4n) is 2.13. The molecular weight excluding hydrogens is 226 g/mol. The van der Waals surface area contributed by atoms with Crippen molar-refractivity contribution in [1.29, 1.82) is 0 Å². The van der Waals surface area contributed by atoms with E-state index in [2.05, 4.69) is 25.2 Å². The Labute approximate surface area is 110 Å². The smallest absolute Gasteiger partial charge is 0.127 e. The van der Waals surface area contributed by atoms with Gasteiger partial charge in [-0.15, -0.1) is 0 Å². The molecule has 1 aromatic rings. The van der Waals surface area contributed by atoms with Gasteiger partial charge < -0.3 is 14.8 Å². The minimum atomic E-state index is 0.357. The highest BCUT2D eigenvalue weighted by Crippen LogP contribution is 2.31. The van der Waals surface area contributed by atoms with Crippen LogP contribution in [0.1, 0.15) is 44.7 Å². The molecule has 18 heavy (non-hydrogen) atoms. The molecule has 1 unspecified atom stereocenters. The van der Waals surface area contributed by atoms with Crippen LogP contribution in [-0.2, 0) is 0 Å². The lowest BCUT2D eigenvalue weighted by atomic mass is 10.00. The zero-order chi connectivity index (χ0) is 13.4. The highest BCUT2D eigenvalue weighted by molar-refractivity contribution is 5.42. The lowest BCUT2D eigenvalue weighted by Crippen LogP contribution is -2.21. The van der Waals surface area contributed by atoms with Crippen LogP contribution in [0.25, 0.3) is 0 Å². The Morgan fingerprint density at radius 2 is 1.94 bits per heavy atom. The molecule has 0 radical (unpaired) electrons. The van der Waals surface area contributed by atoms with Crippen LogP contribution in [0.3, 0.4) is 0 Å². The lowest BCUT2D eigenvalue weighted by Gasteiger charge is -2.21. The summed E-state index contributed by atoms with van der Waals surface area (Å²) in [4.78, 5) is 0. The summed E-state index contributed by atoms with van der Waals surface area (Å²) >= 11 is 0. The Balaban J connectivity index is 2.94. The third-order valence-electron chi connectivity index (χ3n) is 3.11. The molecule has 0 saturated carbocycles. The van der Waals surface area contributed by atoms with E-state index in [9.17, 15) is 0 Å². The second kappa shape index (κ2) is 7.98. The molecule has 1 N–H and O–H groups in total. The predicted octanol–water partition coefficient (Wildman–Crippen LogP) is 3.54. The number of hydrogen-bond acceptors (Lipinski definition) is 3. The largest absolute Gasteiger partial charge is 0.497 e. The van der Waals surface area contributed by atoms with Gasteiger partial charge in [-0.05, 0) is 19.0 Å². The molecule has 1 rings (SSSR count). The molecule has 0 aliphatic rings. The molecule has 3 nitrogen and oxygen atoms in total. The molecule has 0 heterocycles. The molecule has 0 saturated heterocycles. The van der Waals surface area contributed by atoms with Gasteiger partial charge in [-0.2, -0.15) is 0 Å². The van der Waals surface area contributed by atoms with Gasteiger partial charge in [0, 0.05) is 17.7 Å². The molecule has 0 spiro atoms. The van der Waals surface area contributed by atoms with Crippen molar-refractivity contribution in [3.63, 3.8) is 0 Å². The third kappa shape index (κ3) is 3.91. The standard InChI is InChI=1S/C15H25NO2/c1-5-7-8-14(16-6-2)13-10-9-12(17-3)11-15(13)18-4/h9-11,14,16H,5-8H2,1-4H3. The first-order valence-corrected chi connectivity index (χ1v) is 6.72. The minimum absolute atomic E-state index is 0.357. The van der Waals surface area contributed by atoms with Crippen molar-refractivity contribution in [2.45, 2.75) is 39.2 Å². The second-order valence-electron chi connectivity index (χ2n) is 4.36. The van der Waals surface area contributed by atoms with E-state index in [0.717, 1.165) is 24.5 Å². The molecule has 0 fully saturated rings. The van der Waals surface area contributed by atoms with E-state index in [4.69, 9.17) is 9.47 Å². The van der Waals surface area contributed by atoms with Gasteiger partial charge in [0.2, 0.25) is 0 Å². The molecule has 102 valence electrons.